The zero-order chi connectivity index (χ0) is 21.9. The van der Waals surface area contributed by atoms with Gasteiger partial charge in [-0.2, -0.15) is 0 Å². The number of esters is 1. The van der Waals surface area contributed by atoms with Crippen molar-refractivity contribution in [3.63, 3.8) is 0 Å². The Bertz CT molecular complexity index is 905. The highest BCUT2D eigenvalue weighted by molar-refractivity contribution is 8.03. The zero-order valence-electron chi connectivity index (χ0n) is 17.6. The van der Waals surface area contributed by atoms with Crippen molar-refractivity contribution in [3.05, 3.63) is 38.8 Å². The second-order valence-electron chi connectivity index (χ2n) is 8.09. The number of halogens is 1. The molecule has 0 atom stereocenters. The largest absolute Gasteiger partial charge is 0.466 e. The molecule has 2 aliphatic rings. The van der Waals surface area contributed by atoms with Crippen molar-refractivity contribution >= 4 is 52.7 Å². The highest BCUT2D eigenvalue weighted by Gasteiger charge is 2.33. The van der Waals surface area contributed by atoms with Gasteiger partial charge in [-0.1, -0.05) is 31.5 Å². The van der Waals surface area contributed by atoms with Crippen molar-refractivity contribution in [1.82, 2.24) is 0 Å². The molecule has 0 fully saturated rings. The third kappa shape index (κ3) is 4.97. The first kappa shape index (κ1) is 23.4. The van der Waals surface area contributed by atoms with Crippen LogP contribution in [0.3, 0.4) is 0 Å². The topological polar surface area (TPSA) is 60.4 Å². The van der Waals surface area contributed by atoms with Gasteiger partial charge in [-0.3, -0.25) is 14.4 Å². The van der Waals surface area contributed by atoms with E-state index in [1.165, 1.54) is 11.8 Å². The van der Waals surface area contributed by atoms with Crippen LogP contribution < -0.4 is 0 Å². The van der Waals surface area contributed by atoms with Gasteiger partial charge in [0.15, 0.2) is 11.6 Å². The number of ether oxygens (including phenoxy) is 1. The van der Waals surface area contributed by atoms with Crippen molar-refractivity contribution < 1.29 is 19.1 Å². The summed E-state index contributed by atoms with van der Waals surface area (Å²) in [5.74, 6) is 0.744. The molecule has 0 aromatic heterocycles. The van der Waals surface area contributed by atoms with Crippen molar-refractivity contribution in [2.24, 2.45) is 0 Å². The smallest absolute Gasteiger partial charge is 0.306 e. The fourth-order valence-electron chi connectivity index (χ4n) is 3.79. The van der Waals surface area contributed by atoms with E-state index in [1.54, 1.807) is 24.8 Å². The number of allylic oxidation sites excluding steroid dienone is 2. The van der Waals surface area contributed by atoms with E-state index in [9.17, 15) is 14.4 Å². The number of hydrogen-bond donors (Lipinski definition) is 0. The molecule has 1 heterocycles. The summed E-state index contributed by atoms with van der Waals surface area (Å²) >= 11 is 9.79. The van der Waals surface area contributed by atoms with E-state index >= 15 is 0 Å². The number of ketones is 2. The van der Waals surface area contributed by atoms with Crippen LogP contribution in [0.4, 0.5) is 0 Å². The maximum Gasteiger partial charge on any atom is 0.306 e. The Morgan fingerprint density at radius 1 is 1.27 bits per heavy atom. The first-order chi connectivity index (χ1) is 14.3. The molecule has 162 valence electrons. The molecule has 0 radical (unpaired) electrons. The second-order valence-corrected chi connectivity index (χ2v) is 10.8. The molecule has 0 spiro atoms. The van der Waals surface area contributed by atoms with Crippen LogP contribution in [0, 0.1) is 0 Å². The minimum atomic E-state index is -0.296. The van der Waals surface area contributed by atoms with Gasteiger partial charge in [0, 0.05) is 22.6 Å². The minimum absolute atomic E-state index is 0.0137. The predicted molar refractivity (Wildman–Crippen MR) is 124 cm³/mol. The van der Waals surface area contributed by atoms with Crippen LogP contribution in [-0.2, 0) is 19.7 Å². The third-order valence-electron chi connectivity index (χ3n) is 5.52. The van der Waals surface area contributed by atoms with Crippen molar-refractivity contribution in [1.29, 1.82) is 0 Å². The summed E-state index contributed by atoms with van der Waals surface area (Å²) in [6.45, 7) is 6.50. The lowest BCUT2D eigenvalue weighted by Gasteiger charge is -2.33. The standard InChI is InChI=1S/C23H27ClO4S2/c1-4-28-18(26)10-12-29-17-7-5-6-16(25)19(17)21(27)14-8-9-15-22(20(14)24)30-13-11-23(15,2)3/h8-9H,4-7,10-13H2,1-3H3. The van der Waals surface area contributed by atoms with Gasteiger partial charge in [-0.15, -0.1) is 23.5 Å². The molecule has 0 unspecified atom stereocenters. The Hall–Kier alpha value is -1.24. The molecule has 0 saturated heterocycles. The molecule has 4 nitrogen and oxygen atoms in total. The van der Waals surface area contributed by atoms with Crippen LogP contribution in [0.1, 0.15) is 68.8 Å². The average molecular weight is 467 g/mol. The molecule has 1 aromatic rings. The maximum atomic E-state index is 13.4. The fourth-order valence-corrected chi connectivity index (χ4v) is 6.91. The first-order valence-corrected chi connectivity index (χ1v) is 12.7. The number of rotatable bonds is 7. The minimum Gasteiger partial charge on any atom is -0.466 e. The molecule has 0 bridgehead atoms. The summed E-state index contributed by atoms with van der Waals surface area (Å²) in [7, 11) is 0. The van der Waals surface area contributed by atoms with Gasteiger partial charge < -0.3 is 4.74 Å². The normalized spacial score (nSPS) is 18.2. The van der Waals surface area contributed by atoms with E-state index in [1.807, 2.05) is 6.07 Å². The molecule has 1 aliphatic heterocycles. The molecule has 30 heavy (non-hydrogen) atoms. The lowest BCUT2D eigenvalue weighted by atomic mass is 9.81. The number of carbonyl (C=O) groups is 3. The third-order valence-corrected chi connectivity index (χ3v) is 8.32. The van der Waals surface area contributed by atoms with Gasteiger partial charge in [0.25, 0.3) is 0 Å². The zero-order valence-corrected chi connectivity index (χ0v) is 20.0. The van der Waals surface area contributed by atoms with E-state index in [0.717, 1.165) is 34.0 Å². The SMILES string of the molecule is CCOC(=O)CCSC1=C(C(=O)c2ccc3c(c2Cl)SCCC3(C)C)C(=O)CCC1. The lowest BCUT2D eigenvalue weighted by Crippen LogP contribution is -2.24. The van der Waals surface area contributed by atoms with Crippen LogP contribution in [0.25, 0.3) is 0 Å². The van der Waals surface area contributed by atoms with Crippen LogP contribution >= 0.6 is 35.1 Å². The molecular weight excluding hydrogens is 440 g/mol. The summed E-state index contributed by atoms with van der Waals surface area (Å²) in [6, 6.07) is 3.76. The molecule has 0 saturated carbocycles. The van der Waals surface area contributed by atoms with Crippen molar-refractivity contribution in [3.8, 4) is 0 Å². The number of Topliss-reactive ketones (excluding diaryl/α,β-unsaturated/α-hetero) is 2. The summed E-state index contributed by atoms with van der Waals surface area (Å²) in [6.07, 6.45) is 3.07. The molecular formula is C23H27ClO4S2. The van der Waals surface area contributed by atoms with E-state index in [4.69, 9.17) is 16.3 Å². The molecule has 0 N–H and O–H groups in total. The van der Waals surface area contributed by atoms with Crippen LogP contribution in [0.15, 0.2) is 27.5 Å². The van der Waals surface area contributed by atoms with Crippen molar-refractivity contribution in [2.45, 2.75) is 63.2 Å². The molecule has 7 heteroatoms. The van der Waals surface area contributed by atoms with Gasteiger partial charge >= 0.3 is 5.97 Å². The maximum absolute atomic E-state index is 13.4. The van der Waals surface area contributed by atoms with Crippen LogP contribution in [0.2, 0.25) is 5.02 Å². The first-order valence-electron chi connectivity index (χ1n) is 10.3. The Kier molecular flexibility index (Phi) is 7.75. The second kappa shape index (κ2) is 9.92. The quantitative estimate of drug-likeness (QED) is 0.279. The van der Waals surface area contributed by atoms with Crippen LogP contribution in [0.5, 0.6) is 0 Å². The fraction of sp³-hybridized carbons (Fsp3) is 0.522. The summed E-state index contributed by atoms with van der Waals surface area (Å²) in [5.41, 5.74) is 1.82. The van der Waals surface area contributed by atoms with Gasteiger partial charge in [0.2, 0.25) is 0 Å². The van der Waals surface area contributed by atoms with Crippen molar-refractivity contribution in [2.75, 3.05) is 18.1 Å². The van der Waals surface area contributed by atoms with Gasteiger partial charge in [-0.25, -0.2) is 0 Å². The highest BCUT2D eigenvalue weighted by atomic mass is 35.5. The molecule has 0 amide bonds. The number of carbonyl (C=O) groups excluding carboxylic acids is 3. The van der Waals surface area contributed by atoms with Gasteiger partial charge in [0.1, 0.15) is 0 Å². The highest BCUT2D eigenvalue weighted by Crippen LogP contribution is 2.46. The number of benzene rings is 1. The van der Waals surface area contributed by atoms with Gasteiger partial charge in [0.05, 0.1) is 23.6 Å². The number of fused-ring (bicyclic) bond motifs is 1. The van der Waals surface area contributed by atoms with Gasteiger partial charge in [-0.05, 0) is 53.9 Å². The molecule has 3 rings (SSSR count). The average Bonchev–Trinajstić information content (AvgIpc) is 2.68. The Balaban J connectivity index is 1.90. The predicted octanol–water partition coefficient (Wildman–Crippen LogP) is 5.99. The Labute approximate surface area is 191 Å². The summed E-state index contributed by atoms with van der Waals surface area (Å²) < 4.78 is 4.96. The Morgan fingerprint density at radius 2 is 2.03 bits per heavy atom. The summed E-state index contributed by atoms with van der Waals surface area (Å²) in [4.78, 5) is 39.4. The van der Waals surface area contributed by atoms with E-state index in [2.05, 4.69) is 13.8 Å². The van der Waals surface area contributed by atoms with E-state index < -0.39 is 0 Å². The summed E-state index contributed by atoms with van der Waals surface area (Å²) in [5, 5.41) is 0.456. The van der Waals surface area contributed by atoms with Crippen LogP contribution in [-0.4, -0.2) is 35.6 Å². The van der Waals surface area contributed by atoms with E-state index in [-0.39, 0.29) is 34.9 Å². The Morgan fingerprint density at radius 3 is 2.77 bits per heavy atom. The molecule has 1 aliphatic carbocycles. The lowest BCUT2D eigenvalue weighted by molar-refractivity contribution is -0.142. The van der Waals surface area contributed by atoms with E-state index in [0.29, 0.717) is 35.8 Å². The molecule has 1 aromatic carbocycles. The monoisotopic (exact) mass is 466 g/mol. The number of hydrogen-bond acceptors (Lipinski definition) is 6. The number of thioether (sulfide) groups is 2.